The zero-order chi connectivity index (χ0) is 19.6. The average molecular weight is 386 g/mol. The summed E-state index contributed by atoms with van der Waals surface area (Å²) in [5.74, 6) is -0.265. The number of ketones is 1. The molecule has 0 aliphatic heterocycles. The smallest absolute Gasteiger partial charge is 0.241 e. The second-order valence-corrected chi connectivity index (χ2v) is 9.13. The summed E-state index contributed by atoms with van der Waals surface area (Å²) < 4.78 is 28.9. The summed E-state index contributed by atoms with van der Waals surface area (Å²) in [7, 11) is -3.68. The van der Waals surface area contributed by atoms with E-state index in [-0.39, 0.29) is 22.6 Å². The van der Waals surface area contributed by atoms with Crippen LogP contribution in [0.5, 0.6) is 0 Å². The van der Waals surface area contributed by atoms with Crippen molar-refractivity contribution in [2.24, 2.45) is 5.92 Å². The van der Waals surface area contributed by atoms with Crippen molar-refractivity contribution in [1.82, 2.24) is 4.72 Å². The van der Waals surface area contributed by atoms with E-state index in [1.165, 1.54) is 0 Å². The highest BCUT2D eigenvalue weighted by Crippen LogP contribution is 2.30. The first-order chi connectivity index (χ1) is 12.8. The molecule has 0 fully saturated rings. The van der Waals surface area contributed by atoms with Gasteiger partial charge in [-0.2, -0.15) is 0 Å². The van der Waals surface area contributed by atoms with Crippen molar-refractivity contribution in [1.29, 1.82) is 0 Å². The van der Waals surface area contributed by atoms with Gasteiger partial charge in [-0.15, -0.1) is 0 Å². The maximum absolute atomic E-state index is 13.0. The number of hydrogen-bond acceptors (Lipinski definition) is 3. The molecule has 0 unspecified atom stereocenters. The van der Waals surface area contributed by atoms with Crippen LogP contribution in [0.4, 0.5) is 0 Å². The number of aryl methyl sites for hydroxylation is 3. The predicted molar refractivity (Wildman–Crippen MR) is 108 cm³/mol. The van der Waals surface area contributed by atoms with Gasteiger partial charge in [0, 0.05) is 17.5 Å². The molecule has 0 saturated carbocycles. The highest BCUT2D eigenvalue weighted by Gasteiger charge is 2.35. The summed E-state index contributed by atoms with van der Waals surface area (Å²) in [6.45, 7) is 5.76. The topological polar surface area (TPSA) is 63.2 Å². The first-order valence-electron chi connectivity index (χ1n) is 9.55. The van der Waals surface area contributed by atoms with Crippen LogP contribution in [0.3, 0.4) is 0 Å². The number of sulfonamides is 1. The van der Waals surface area contributed by atoms with Crippen molar-refractivity contribution < 1.29 is 13.2 Å². The third-order valence-electron chi connectivity index (χ3n) is 5.36. The predicted octanol–water partition coefficient (Wildman–Crippen LogP) is 4.20. The van der Waals surface area contributed by atoms with Crippen LogP contribution < -0.4 is 4.72 Å². The number of carbonyl (C=O) groups is 1. The van der Waals surface area contributed by atoms with Crippen LogP contribution in [-0.4, -0.2) is 20.2 Å². The van der Waals surface area contributed by atoms with E-state index in [9.17, 15) is 13.2 Å². The zero-order valence-electron chi connectivity index (χ0n) is 16.2. The van der Waals surface area contributed by atoms with Crippen molar-refractivity contribution in [3.05, 3.63) is 64.7 Å². The van der Waals surface area contributed by atoms with E-state index >= 15 is 0 Å². The molecular formula is C22H27NO3S. The van der Waals surface area contributed by atoms with Crippen molar-refractivity contribution >= 4 is 15.8 Å². The Kier molecular flexibility index (Phi) is 5.82. The van der Waals surface area contributed by atoms with Crippen molar-refractivity contribution in [3.8, 4) is 0 Å². The lowest BCUT2D eigenvalue weighted by molar-refractivity contribution is 0.0872. The molecule has 1 aliphatic carbocycles. The molecule has 2 aromatic carbocycles. The molecule has 0 saturated heterocycles. The van der Waals surface area contributed by atoms with Crippen molar-refractivity contribution in [3.63, 3.8) is 0 Å². The van der Waals surface area contributed by atoms with Gasteiger partial charge in [0.1, 0.15) is 0 Å². The van der Waals surface area contributed by atoms with Gasteiger partial charge in [0.2, 0.25) is 10.0 Å². The lowest BCUT2D eigenvalue weighted by Crippen LogP contribution is -2.45. The summed E-state index contributed by atoms with van der Waals surface area (Å²) in [6.07, 6.45) is 2.93. The number of benzene rings is 2. The number of hydrogen-bond donors (Lipinski definition) is 1. The van der Waals surface area contributed by atoms with Crippen LogP contribution in [0.1, 0.15) is 53.2 Å². The fourth-order valence-corrected chi connectivity index (χ4v) is 5.56. The molecule has 5 heteroatoms. The first kappa shape index (κ1) is 19.8. The Balaban J connectivity index is 1.89. The van der Waals surface area contributed by atoms with Gasteiger partial charge in [-0.25, -0.2) is 13.1 Å². The van der Waals surface area contributed by atoms with Gasteiger partial charge in [-0.1, -0.05) is 55.3 Å². The Hall–Kier alpha value is -1.98. The van der Waals surface area contributed by atoms with Crippen LogP contribution in [0.2, 0.25) is 0 Å². The van der Waals surface area contributed by atoms with Gasteiger partial charge in [0.15, 0.2) is 5.78 Å². The minimum absolute atomic E-state index is 0.0543. The number of nitrogens with one attached hydrogen (secondary N) is 1. The van der Waals surface area contributed by atoms with Gasteiger partial charge < -0.3 is 0 Å². The third-order valence-corrected chi connectivity index (χ3v) is 7.01. The van der Waals surface area contributed by atoms with Crippen LogP contribution in [0.15, 0.2) is 47.4 Å². The molecule has 2 atom stereocenters. The molecule has 1 aliphatic rings. The number of Topliss-reactive ketones (excluding diaryl/α,β-unsaturated/α-hetero) is 1. The number of fused-ring (bicyclic) bond motifs is 1. The quantitative estimate of drug-likeness (QED) is 0.811. The number of rotatable bonds is 6. The molecule has 1 N–H and O–H groups in total. The molecule has 27 heavy (non-hydrogen) atoms. The molecular weight excluding hydrogens is 358 g/mol. The maximum atomic E-state index is 13.0. The van der Waals surface area contributed by atoms with Crippen molar-refractivity contribution in [2.45, 2.75) is 57.4 Å². The van der Waals surface area contributed by atoms with Gasteiger partial charge in [0.25, 0.3) is 0 Å². The van der Waals surface area contributed by atoms with Gasteiger partial charge in [-0.3, -0.25) is 4.79 Å². The third kappa shape index (κ3) is 4.14. The van der Waals surface area contributed by atoms with Gasteiger partial charge in [-0.05, 0) is 50.3 Å². The van der Waals surface area contributed by atoms with E-state index in [2.05, 4.69) is 4.72 Å². The SMILES string of the molecule is CCC[C@H](NS(=O)(=O)c1ccc(C)cc1C)[C@H]1CCc2ccccc2C1=O. The largest absolute Gasteiger partial charge is 0.294 e. The summed E-state index contributed by atoms with van der Waals surface area (Å²) in [5.41, 5.74) is 3.54. The van der Waals surface area contributed by atoms with E-state index in [1.807, 2.05) is 44.2 Å². The molecule has 0 radical (unpaired) electrons. The van der Waals surface area contributed by atoms with Gasteiger partial charge in [0.05, 0.1) is 4.90 Å². The summed E-state index contributed by atoms with van der Waals surface area (Å²) in [6, 6.07) is 12.6. The fraction of sp³-hybridized carbons (Fsp3) is 0.409. The molecule has 144 valence electrons. The molecule has 0 spiro atoms. The lowest BCUT2D eigenvalue weighted by atomic mass is 9.78. The molecule has 0 bridgehead atoms. The standard InChI is InChI=1S/C22H27NO3S/c1-4-7-20(19-12-11-17-8-5-6-9-18(17)22(19)24)23-27(25,26)21-13-10-15(2)14-16(21)3/h5-6,8-10,13-14,19-20,23H,4,7,11-12H2,1-3H3/t19-,20+/m1/s1. The monoisotopic (exact) mass is 385 g/mol. The zero-order valence-corrected chi connectivity index (χ0v) is 17.0. The Morgan fingerprint density at radius 2 is 1.89 bits per heavy atom. The average Bonchev–Trinajstić information content (AvgIpc) is 2.61. The van der Waals surface area contributed by atoms with E-state index in [0.29, 0.717) is 12.8 Å². The van der Waals surface area contributed by atoms with Crippen LogP contribution in [0, 0.1) is 19.8 Å². The minimum Gasteiger partial charge on any atom is -0.294 e. The Bertz CT molecular complexity index is 950. The van der Waals surface area contributed by atoms with E-state index in [1.54, 1.807) is 19.1 Å². The van der Waals surface area contributed by atoms with E-state index in [4.69, 9.17) is 0 Å². The normalized spacial score (nSPS) is 18.2. The molecule has 2 aromatic rings. The first-order valence-corrected chi connectivity index (χ1v) is 11.0. The molecule has 4 nitrogen and oxygen atoms in total. The lowest BCUT2D eigenvalue weighted by Gasteiger charge is -2.31. The van der Waals surface area contributed by atoms with Crippen LogP contribution in [-0.2, 0) is 16.4 Å². The minimum atomic E-state index is -3.68. The maximum Gasteiger partial charge on any atom is 0.241 e. The molecule has 0 amide bonds. The van der Waals surface area contributed by atoms with Crippen molar-refractivity contribution in [2.75, 3.05) is 0 Å². The number of carbonyl (C=O) groups excluding carboxylic acids is 1. The fourth-order valence-electron chi connectivity index (χ4n) is 4.02. The molecule has 0 aromatic heterocycles. The van der Waals surface area contributed by atoms with Crippen LogP contribution in [0.25, 0.3) is 0 Å². The summed E-state index contributed by atoms with van der Waals surface area (Å²) in [5, 5.41) is 0. The molecule has 3 rings (SSSR count). The Labute approximate surface area is 162 Å². The van der Waals surface area contributed by atoms with E-state index in [0.717, 1.165) is 35.1 Å². The summed E-state index contributed by atoms with van der Waals surface area (Å²) >= 11 is 0. The summed E-state index contributed by atoms with van der Waals surface area (Å²) in [4.78, 5) is 13.3. The van der Waals surface area contributed by atoms with E-state index < -0.39 is 10.0 Å². The van der Waals surface area contributed by atoms with Crippen LogP contribution >= 0.6 is 0 Å². The van der Waals surface area contributed by atoms with Gasteiger partial charge >= 0.3 is 0 Å². The second kappa shape index (κ2) is 7.95. The Morgan fingerprint density at radius 1 is 1.15 bits per heavy atom. The molecule has 0 heterocycles. The Morgan fingerprint density at radius 3 is 2.59 bits per heavy atom. The second-order valence-electron chi connectivity index (χ2n) is 7.45. The highest BCUT2D eigenvalue weighted by atomic mass is 32.2. The highest BCUT2D eigenvalue weighted by molar-refractivity contribution is 7.89.